The van der Waals surface area contributed by atoms with Gasteiger partial charge in [-0.2, -0.15) is 0 Å². The van der Waals surface area contributed by atoms with Crippen molar-refractivity contribution >= 4 is 24.0 Å². The number of aromatic amines is 2. The topological polar surface area (TPSA) is 175 Å². The molecule has 2 aromatic heterocycles. The highest BCUT2D eigenvalue weighted by atomic mass is 16.5. The number of nitrogens with zero attached hydrogens (tertiary/aromatic N) is 4. The van der Waals surface area contributed by atoms with Gasteiger partial charge in [0.15, 0.2) is 0 Å². The van der Waals surface area contributed by atoms with Gasteiger partial charge in [-0.1, -0.05) is 62.4 Å². The summed E-state index contributed by atoms with van der Waals surface area (Å²) < 4.78 is 9.39. The Labute approximate surface area is 302 Å². The van der Waals surface area contributed by atoms with Crippen LogP contribution in [0.15, 0.2) is 60.9 Å². The number of carbonyl (C=O) groups is 4. The van der Waals surface area contributed by atoms with E-state index in [1.807, 2.05) is 38.1 Å². The van der Waals surface area contributed by atoms with Crippen molar-refractivity contribution in [1.82, 2.24) is 40.4 Å². The van der Waals surface area contributed by atoms with Crippen LogP contribution in [0.2, 0.25) is 0 Å². The molecule has 1 unspecified atom stereocenters. The standard InChI is InChI=1S/C38H46N8O6/c1-22(2)32(44-38(50)52-5)36(48)46-19-7-9-31(46)34-40-21-29(43-34)27-16-12-25(13-17-27)24-10-14-26(15-11-24)28-20-39-33(42-28)30-8-6-18-45(30)35(47)23(3)41-37(49)51-4/h10-17,20-23,30-32H,6-9,18-19H2,1-5H3,(H,39,42)(H,40,43)(H,41,49)(H,44,50)/t23-,30-,31-,32?/m0/s1. The van der Waals surface area contributed by atoms with Crippen molar-refractivity contribution in [3.8, 4) is 33.6 Å². The highest BCUT2D eigenvalue weighted by Gasteiger charge is 2.38. The molecule has 4 N–H and O–H groups in total. The van der Waals surface area contributed by atoms with Crippen LogP contribution in [0.5, 0.6) is 0 Å². The second-order valence-electron chi connectivity index (χ2n) is 13.6. The number of carbonyl (C=O) groups excluding carboxylic acids is 4. The summed E-state index contributed by atoms with van der Waals surface area (Å²) in [5.74, 6) is 1.02. The summed E-state index contributed by atoms with van der Waals surface area (Å²) in [5, 5.41) is 5.24. The van der Waals surface area contributed by atoms with E-state index in [1.165, 1.54) is 14.2 Å². The molecule has 52 heavy (non-hydrogen) atoms. The number of methoxy groups -OCH3 is 2. The normalized spacial score (nSPS) is 18.3. The van der Waals surface area contributed by atoms with Gasteiger partial charge in [-0.25, -0.2) is 19.6 Å². The number of rotatable bonds is 10. The molecule has 2 aliphatic heterocycles. The Morgan fingerprint density at radius 2 is 1.10 bits per heavy atom. The maximum absolute atomic E-state index is 13.5. The zero-order valence-electron chi connectivity index (χ0n) is 30.1. The number of hydrogen-bond donors (Lipinski definition) is 4. The minimum atomic E-state index is -0.706. The largest absolute Gasteiger partial charge is 0.453 e. The lowest BCUT2D eigenvalue weighted by atomic mass is 10.0. The van der Waals surface area contributed by atoms with Gasteiger partial charge < -0.3 is 39.9 Å². The molecule has 2 fully saturated rings. The van der Waals surface area contributed by atoms with E-state index in [9.17, 15) is 19.2 Å². The van der Waals surface area contributed by atoms with E-state index in [-0.39, 0.29) is 29.8 Å². The van der Waals surface area contributed by atoms with Crippen LogP contribution >= 0.6 is 0 Å². The molecule has 6 rings (SSSR count). The second kappa shape index (κ2) is 15.7. The van der Waals surface area contributed by atoms with Crippen LogP contribution in [0.25, 0.3) is 33.6 Å². The molecule has 14 heteroatoms. The average Bonchev–Trinajstić information content (AvgIpc) is 3.99. The monoisotopic (exact) mass is 710 g/mol. The van der Waals surface area contributed by atoms with Crippen LogP contribution in [-0.4, -0.2) is 93.1 Å². The number of likely N-dealkylation sites (tertiary alicyclic amines) is 2. The average molecular weight is 711 g/mol. The van der Waals surface area contributed by atoms with Crippen LogP contribution in [0.3, 0.4) is 0 Å². The van der Waals surface area contributed by atoms with Crippen molar-refractivity contribution < 1.29 is 28.7 Å². The van der Waals surface area contributed by atoms with Gasteiger partial charge in [0.25, 0.3) is 0 Å². The van der Waals surface area contributed by atoms with Gasteiger partial charge in [0, 0.05) is 13.1 Å². The number of alkyl carbamates (subject to hydrolysis) is 2. The molecule has 0 radical (unpaired) electrons. The summed E-state index contributed by atoms with van der Waals surface area (Å²) >= 11 is 0. The van der Waals surface area contributed by atoms with Crippen LogP contribution in [0, 0.1) is 5.92 Å². The number of amides is 4. The zero-order valence-corrected chi connectivity index (χ0v) is 30.1. The number of ether oxygens (including phenoxy) is 2. The van der Waals surface area contributed by atoms with Gasteiger partial charge in [-0.05, 0) is 60.8 Å². The first kappa shape index (κ1) is 36.1. The van der Waals surface area contributed by atoms with Crippen LogP contribution in [-0.2, 0) is 19.1 Å². The van der Waals surface area contributed by atoms with Crippen LogP contribution in [0.4, 0.5) is 9.59 Å². The molecule has 4 atom stereocenters. The molecule has 4 heterocycles. The molecule has 274 valence electrons. The predicted molar refractivity (Wildman–Crippen MR) is 194 cm³/mol. The summed E-state index contributed by atoms with van der Waals surface area (Å²) in [6.07, 6.45) is 5.59. The van der Waals surface area contributed by atoms with Crippen molar-refractivity contribution in [2.75, 3.05) is 27.3 Å². The van der Waals surface area contributed by atoms with Gasteiger partial charge in [-0.15, -0.1) is 0 Å². The molecule has 0 spiro atoms. The van der Waals surface area contributed by atoms with E-state index in [1.54, 1.807) is 29.1 Å². The molecular weight excluding hydrogens is 664 g/mol. The highest BCUT2D eigenvalue weighted by Crippen LogP contribution is 2.35. The van der Waals surface area contributed by atoms with Crippen molar-refractivity contribution in [2.45, 2.75) is 70.6 Å². The van der Waals surface area contributed by atoms with Crippen molar-refractivity contribution in [3.05, 3.63) is 72.6 Å². The van der Waals surface area contributed by atoms with Gasteiger partial charge in [0.1, 0.15) is 23.7 Å². The lowest BCUT2D eigenvalue weighted by Gasteiger charge is -2.30. The maximum atomic E-state index is 13.5. The Balaban J connectivity index is 1.10. The number of aromatic nitrogens is 4. The van der Waals surface area contributed by atoms with Crippen LogP contribution < -0.4 is 10.6 Å². The van der Waals surface area contributed by atoms with Crippen molar-refractivity contribution in [3.63, 3.8) is 0 Å². The second-order valence-corrected chi connectivity index (χ2v) is 13.6. The van der Waals surface area contributed by atoms with Crippen molar-refractivity contribution in [1.29, 1.82) is 0 Å². The van der Waals surface area contributed by atoms with Gasteiger partial charge >= 0.3 is 12.2 Å². The summed E-state index contributed by atoms with van der Waals surface area (Å²) in [5.41, 5.74) is 5.77. The highest BCUT2D eigenvalue weighted by molar-refractivity contribution is 5.87. The van der Waals surface area contributed by atoms with Gasteiger partial charge in [0.2, 0.25) is 11.8 Å². The molecule has 0 aliphatic carbocycles. The SMILES string of the molecule is COC(=O)NC(C(=O)N1CCC[C@H]1c1ncc(-c2ccc(-c3ccc(-c4cnc([C@@H]5CCCN5C(=O)[C@H](C)NC(=O)OC)[nH]4)cc3)cc2)[nH]1)C(C)C. The third-order valence-electron chi connectivity index (χ3n) is 9.90. The summed E-state index contributed by atoms with van der Waals surface area (Å²) in [6.45, 7) is 6.64. The van der Waals surface area contributed by atoms with E-state index >= 15 is 0 Å². The Hall–Kier alpha value is -5.66. The number of imidazole rings is 2. The molecular formula is C38H46N8O6. The Kier molecular flexibility index (Phi) is 10.9. The summed E-state index contributed by atoms with van der Waals surface area (Å²) in [7, 11) is 2.56. The zero-order chi connectivity index (χ0) is 36.9. The van der Waals surface area contributed by atoms with E-state index in [4.69, 9.17) is 4.74 Å². The fourth-order valence-electron chi connectivity index (χ4n) is 7.04. The molecule has 4 aromatic rings. The maximum Gasteiger partial charge on any atom is 0.407 e. The summed E-state index contributed by atoms with van der Waals surface area (Å²) in [6, 6.07) is 14.7. The van der Waals surface area contributed by atoms with Crippen LogP contribution in [0.1, 0.15) is 70.2 Å². The summed E-state index contributed by atoms with van der Waals surface area (Å²) in [4.78, 5) is 69.8. The minimum Gasteiger partial charge on any atom is -0.453 e. The smallest absolute Gasteiger partial charge is 0.407 e. The minimum absolute atomic E-state index is 0.103. The van der Waals surface area contributed by atoms with Gasteiger partial charge in [-0.3, -0.25) is 9.59 Å². The molecule has 2 aliphatic rings. The Morgan fingerprint density at radius 1 is 0.673 bits per heavy atom. The lowest BCUT2D eigenvalue weighted by molar-refractivity contribution is -0.135. The Morgan fingerprint density at radius 3 is 1.54 bits per heavy atom. The van der Waals surface area contributed by atoms with E-state index in [2.05, 4.69) is 59.6 Å². The first-order valence-corrected chi connectivity index (χ1v) is 17.7. The molecule has 0 bridgehead atoms. The van der Waals surface area contributed by atoms with E-state index in [0.717, 1.165) is 71.0 Å². The van der Waals surface area contributed by atoms with E-state index < -0.39 is 24.3 Å². The quantitative estimate of drug-likeness (QED) is 0.165. The molecule has 2 aromatic carbocycles. The van der Waals surface area contributed by atoms with Gasteiger partial charge in [0.05, 0.1) is 50.1 Å². The Bertz CT molecular complexity index is 1890. The predicted octanol–water partition coefficient (Wildman–Crippen LogP) is 5.59. The molecule has 0 saturated carbocycles. The first-order chi connectivity index (χ1) is 25.1. The number of benzene rings is 2. The molecule has 2 saturated heterocycles. The molecule has 14 nitrogen and oxygen atoms in total. The third-order valence-corrected chi connectivity index (χ3v) is 9.90. The number of nitrogens with one attached hydrogen (secondary N) is 4. The van der Waals surface area contributed by atoms with E-state index in [0.29, 0.717) is 13.1 Å². The fourth-order valence-corrected chi connectivity index (χ4v) is 7.04. The lowest BCUT2D eigenvalue weighted by Crippen LogP contribution is -2.51. The molecule has 4 amide bonds. The number of hydrogen-bond acceptors (Lipinski definition) is 8. The van der Waals surface area contributed by atoms with Crippen molar-refractivity contribution in [2.24, 2.45) is 5.92 Å². The third kappa shape index (κ3) is 7.65. The number of H-pyrrole nitrogens is 2. The fraction of sp³-hybridized carbons (Fsp3) is 0.421. The first-order valence-electron chi connectivity index (χ1n) is 17.7.